The Bertz CT molecular complexity index is 1250. The van der Waals surface area contributed by atoms with Crippen LogP contribution in [-0.4, -0.2) is 32.1 Å². The number of hydrogen-bond donors (Lipinski definition) is 0. The maximum Gasteiger partial charge on any atom is 0.272 e. The van der Waals surface area contributed by atoms with E-state index in [1.54, 1.807) is 40.4 Å². The molecule has 7 heteroatoms. The van der Waals surface area contributed by atoms with Gasteiger partial charge in [-0.05, 0) is 54.8 Å². The van der Waals surface area contributed by atoms with Crippen LogP contribution in [0.5, 0.6) is 0 Å². The number of carbonyl (C=O) groups excluding carboxylic acids is 1. The largest absolute Gasteiger partial charge is 0.463 e. The molecule has 7 nitrogen and oxygen atoms in total. The number of carbonyl (C=O) groups is 1. The first-order valence-corrected chi connectivity index (χ1v) is 10.3. The molecule has 0 aliphatic heterocycles. The van der Waals surface area contributed by atoms with Crippen molar-refractivity contribution >= 4 is 5.91 Å². The minimum atomic E-state index is -0.213. The van der Waals surface area contributed by atoms with Gasteiger partial charge in [0.15, 0.2) is 5.76 Å². The van der Waals surface area contributed by atoms with Crippen LogP contribution in [0.3, 0.4) is 0 Å². The third-order valence-electron chi connectivity index (χ3n) is 5.17. The summed E-state index contributed by atoms with van der Waals surface area (Å²) < 4.78 is 7.20. The molecule has 1 aromatic carbocycles. The Labute approximate surface area is 186 Å². The normalized spacial score (nSPS) is 10.7. The molecule has 3 aromatic heterocycles. The van der Waals surface area contributed by atoms with E-state index in [4.69, 9.17) is 14.8 Å². The molecule has 4 rings (SSSR count). The molecule has 0 atom stereocenters. The highest BCUT2D eigenvalue weighted by molar-refractivity contribution is 5.94. The topological polar surface area (TPSA) is 88.0 Å². The minimum absolute atomic E-state index is 0.213. The van der Waals surface area contributed by atoms with Crippen LogP contribution in [0.25, 0.3) is 17.1 Å². The smallest absolute Gasteiger partial charge is 0.272 e. The monoisotopic (exact) mass is 425 g/mol. The zero-order chi connectivity index (χ0) is 22.5. The Morgan fingerprint density at radius 3 is 2.78 bits per heavy atom. The summed E-state index contributed by atoms with van der Waals surface area (Å²) in [4.78, 5) is 19.5. The molecular weight excluding hydrogens is 402 g/mol. The van der Waals surface area contributed by atoms with Gasteiger partial charge in [-0.25, -0.2) is 4.68 Å². The molecule has 0 aliphatic rings. The van der Waals surface area contributed by atoms with E-state index in [1.165, 1.54) is 0 Å². The number of pyridine rings is 1. The van der Waals surface area contributed by atoms with E-state index in [-0.39, 0.29) is 12.3 Å². The summed E-state index contributed by atoms with van der Waals surface area (Å²) in [6.45, 7) is 4.64. The average molecular weight is 425 g/mol. The van der Waals surface area contributed by atoms with Crippen LogP contribution in [0.15, 0.2) is 71.6 Å². The molecule has 0 unspecified atom stereocenters. The summed E-state index contributed by atoms with van der Waals surface area (Å²) in [7, 11) is 0. The summed E-state index contributed by atoms with van der Waals surface area (Å²) in [6.07, 6.45) is 5.23. The van der Waals surface area contributed by atoms with Crippen molar-refractivity contribution in [3.63, 3.8) is 0 Å². The van der Waals surface area contributed by atoms with Gasteiger partial charge in [0, 0.05) is 31.5 Å². The number of nitrogens with zero attached hydrogens (tertiary/aromatic N) is 5. The highest BCUT2D eigenvalue weighted by Crippen LogP contribution is 2.25. The molecule has 0 N–H and O–H groups in total. The van der Waals surface area contributed by atoms with E-state index < -0.39 is 0 Å². The van der Waals surface area contributed by atoms with Crippen molar-refractivity contribution in [2.24, 2.45) is 0 Å². The lowest BCUT2D eigenvalue weighted by Crippen LogP contribution is -2.33. The van der Waals surface area contributed by atoms with Crippen molar-refractivity contribution in [3.8, 4) is 23.2 Å². The zero-order valence-electron chi connectivity index (χ0n) is 18.0. The molecule has 0 aliphatic carbocycles. The fraction of sp³-hybridized carbons (Fsp3) is 0.200. The van der Waals surface area contributed by atoms with Crippen LogP contribution >= 0.6 is 0 Å². The molecule has 0 fully saturated rings. The number of aryl methyl sites for hydroxylation is 2. The number of amides is 1. The van der Waals surface area contributed by atoms with Crippen molar-refractivity contribution in [1.82, 2.24) is 19.7 Å². The predicted octanol–water partition coefficient (Wildman–Crippen LogP) is 4.70. The number of furan rings is 1. The third-order valence-corrected chi connectivity index (χ3v) is 5.17. The van der Waals surface area contributed by atoms with Crippen LogP contribution in [0.1, 0.15) is 33.6 Å². The van der Waals surface area contributed by atoms with Crippen LogP contribution in [0.4, 0.5) is 0 Å². The number of hydrogen-bond acceptors (Lipinski definition) is 5. The third kappa shape index (κ3) is 4.44. The van der Waals surface area contributed by atoms with Gasteiger partial charge in [0.1, 0.15) is 11.4 Å². The summed E-state index contributed by atoms with van der Waals surface area (Å²) in [5.41, 5.74) is 4.76. The van der Waals surface area contributed by atoms with Crippen LogP contribution in [0, 0.1) is 25.2 Å². The lowest BCUT2D eigenvalue weighted by atomic mass is 10.1. The van der Waals surface area contributed by atoms with E-state index in [2.05, 4.69) is 11.1 Å². The fourth-order valence-electron chi connectivity index (χ4n) is 3.52. The lowest BCUT2D eigenvalue weighted by Gasteiger charge is -2.22. The molecule has 4 aromatic rings. The minimum Gasteiger partial charge on any atom is -0.463 e. The van der Waals surface area contributed by atoms with Crippen LogP contribution in [0.2, 0.25) is 0 Å². The Hall–Kier alpha value is -4.18. The Balaban J connectivity index is 1.79. The van der Waals surface area contributed by atoms with Crippen molar-refractivity contribution in [3.05, 3.63) is 89.6 Å². The second-order valence-electron chi connectivity index (χ2n) is 7.59. The molecule has 0 spiro atoms. The summed E-state index contributed by atoms with van der Waals surface area (Å²) in [6, 6.07) is 17.3. The number of rotatable bonds is 7. The van der Waals surface area contributed by atoms with E-state index in [1.807, 2.05) is 50.2 Å². The molecule has 0 saturated heterocycles. The molecular formula is C25H23N5O2. The second-order valence-corrected chi connectivity index (χ2v) is 7.59. The molecule has 0 bridgehead atoms. The second kappa shape index (κ2) is 9.31. The number of benzene rings is 1. The molecule has 0 saturated carbocycles. The van der Waals surface area contributed by atoms with E-state index in [9.17, 15) is 4.79 Å². The van der Waals surface area contributed by atoms with Crippen molar-refractivity contribution in [2.45, 2.75) is 26.8 Å². The van der Waals surface area contributed by atoms with Gasteiger partial charge in [-0.1, -0.05) is 18.2 Å². The Kier molecular flexibility index (Phi) is 6.13. The highest BCUT2D eigenvalue weighted by Gasteiger charge is 2.24. The van der Waals surface area contributed by atoms with Gasteiger partial charge in [-0.3, -0.25) is 9.78 Å². The first kappa shape index (κ1) is 21.1. The predicted molar refractivity (Wildman–Crippen MR) is 120 cm³/mol. The van der Waals surface area contributed by atoms with E-state index in [0.29, 0.717) is 30.2 Å². The fourth-order valence-corrected chi connectivity index (χ4v) is 3.52. The maximum atomic E-state index is 13.7. The quantitative estimate of drug-likeness (QED) is 0.428. The Morgan fingerprint density at radius 2 is 2.06 bits per heavy atom. The van der Waals surface area contributed by atoms with Gasteiger partial charge in [0.25, 0.3) is 5.91 Å². The van der Waals surface area contributed by atoms with Gasteiger partial charge in [0.05, 0.1) is 24.4 Å². The van der Waals surface area contributed by atoms with Gasteiger partial charge < -0.3 is 9.32 Å². The molecule has 32 heavy (non-hydrogen) atoms. The number of aromatic nitrogens is 3. The Morgan fingerprint density at radius 1 is 1.19 bits per heavy atom. The molecule has 0 radical (unpaired) electrons. The molecule has 3 heterocycles. The van der Waals surface area contributed by atoms with Gasteiger partial charge in [-0.2, -0.15) is 10.4 Å². The van der Waals surface area contributed by atoms with E-state index in [0.717, 1.165) is 22.4 Å². The van der Waals surface area contributed by atoms with Crippen molar-refractivity contribution in [2.75, 3.05) is 6.54 Å². The van der Waals surface area contributed by atoms with Gasteiger partial charge in [0.2, 0.25) is 0 Å². The van der Waals surface area contributed by atoms with Crippen molar-refractivity contribution < 1.29 is 9.21 Å². The zero-order valence-corrected chi connectivity index (χ0v) is 18.0. The molecule has 160 valence electrons. The average Bonchev–Trinajstić information content (AvgIpc) is 3.48. The first-order chi connectivity index (χ1) is 15.6. The van der Waals surface area contributed by atoms with Gasteiger partial charge >= 0.3 is 0 Å². The SMILES string of the molecule is Cc1ccc(C)c(-n2nc(-c3ccco3)cc2C(=O)N(CCC#N)Cc2cccnc2)c1. The summed E-state index contributed by atoms with van der Waals surface area (Å²) in [5.74, 6) is 0.370. The van der Waals surface area contributed by atoms with Crippen LogP contribution in [-0.2, 0) is 6.54 Å². The van der Waals surface area contributed by atoms with Crippen LogP contribution < -0.4 is 0 Å². The lowest BCUT2D eigenvalue weighted by molar-refractivity contribution is 0.0737. The standard InChI is InChI=1S/C25H23N5O2/c1-18-8-9-19(2)22(14-18)30-23(15-21(28-30)24-7-4-13-32-24)25(31)29(12-5-10-26)17-20-6-3-11-27-16-20/h3-4,6-9,11,13-16H,5,12,17H2,1-2H3. The van der Waals surface area contributed by atoms with E-state index >= 15 is 0 Å². The number of nitriles is 1. The highest BCUT2D eigenvalue weighted by atomic mass is 16.3. The first-order valence-electron chi connectivity index (χ1n) is 10.3. The summed E-state index contributed by atoms with van der Waals surface area (Å²) in [5, 5.41) is 13.8. The van der Waals surface area contributed by atoms with Gasteiger partial charge in [-0.15, -0.1) is 0 Å². The van der Waals surface area contributed by atoms with Crippen molar-refractivity contribution in [1.29, 1.82) is 5.26 Å². The maximum absolute atomic E-state index is 13.7. The summed E-state index contributed by atoms with van der Waals surface area (Å²) >= 11 is 0. The molecule has 1 amide bonds.